The van der Waals surface area contributed by atoms with Crippen molar-refractivity contribution in [3.8, 4) is 22.8 Å². The van der Waals surface area contributed by atoms with Gasteiger partial charge >= 0.3 is 0 Å². The minimum absolute atomic E-state index is 0.0143. The fourth-order valence-electron chi connectivity index (χ4n) is 4.37. The molecule has 160 valence electrons. The number of hydrogen-bond acceptors (Lipinski definition) is 5. The lowest BCUT2D eigenvalue weighted by atomic mass is 9.78. The summed E-state index contributed by atoms with van der Waals surface area (Å²) in [5.74, 6) is 2.49. The molecule has 0 radical (unpaired) electrons. The van der Waals surface area contributed by atoms with Gasteiger partial charge in [0.1, 0.15) is 10.5 Å². The van der Waals surface area contributed by atoms with E-state index in [4.69, 9.17) is 9.47 Å². The third-order valence-electron chi connectivity index (χ3n) is 6.42. The van der Waals surface area contributed by atoms with Crippen molar-refractivity contribution in [3.63, 3.8) is 0 Å². The van der Waals surface area contributed by atoms with E-state index >= 15 is 0 Å². The number of nitrogens with one attached hydrogen (secondary N) is 1. The van der Waals surface area contributed by atoms with E-state index in [9.17, 15) is 4.79 Å². The zero-order chi connectivity index (χ0) is 21.4. The van der Waals surface area contributed by atoms with Gasteiger partial charge in [0, 0.05) is 24.0 Å². The molecule has 4 rings (SSSR count). The first-order chi connectivity index (χ1) is 14.4. The molecule has 0 spiro atoms. The second-order valence-corrected chi connectivity index (χ2v) is 9.25. The Morgan fingerprint density at radius 2 is 1.93 bits per heavy atom. The van der Waals surface area contributed by atoms with Gasteiger partial charge in [0.15, 0.2) is 11.5 Å². The van der Waals surface area contributed by atoms with Crippen LogP contribution < -0.4 is 14.8 Å². The van der Waals surface area contributed by atoms with Gasteiger partial charge in [-0.05, 0) is 42.5 Å². The molecule has 30 heavy (non-hydrogen) atoms. The number of carbonyl (C=O) groups excluding carboxylic acids is 1. The smallest absolute Gasteiger partial charge is 0.261 e. The van der Waals surface area contributed by atoms with E-state index in [1.165, 1.54) is 24.2 Å². The Morgan fingerprint density at radius 1 is 1.17 bits per heavy atom. The Hall–Kier alpha value is -2.54. The van der Waals surface area contributed by atoms with Crippen LogP contribution in [0.5, 0.6) is 11.5 Å². The third kappa shape index (κ3) is 3.67. The van der Waals surface area contributed by atoms with Crippen molar-refractivity contribution in [1.29, 1.82) is 0 Å². The summed E-state index contributed by atoms with van der Waals surface area (Å²) in [4.78, 5) is 14.7. The van der Waals surface area contributed by atoms with Crippen LogP contribution >= 0.6 is 11.3 Å². The lowest BCUT2D eigenvalue weighted by molar-refractivity contribution is 0.0895. The maximum atomic E-state index is 13.0. The number of rotatable bonds is 5. The molecule has 2 aromatic heterocycles. The number of carbonyl (C=O) groups is 1. The van der Waals surface area contributed by atoms with Crippen molar-refractivity contribution >= 4 is 27.5 Å². The Morgan fingerprint density at radius 3 is 2.67 bits per heavy atom. The molecule has 1 fully saturated rings. The Labute approximate surface area is 181 Å². The summed E-state index contributed by atoms with van der Waals surface area (Å²) in [7, 11) is 5.15. The summed E-state index contributed by atoms with van der Waals surface area (Å²) < 4.78 is 12.6. The number of benzene rings is 1. The number of aromatic nitrogens is 2. The average molecular weight is 428 g/mol. The van der Waals surface area contributed by atoms with Gasteiger partial charge in [-0.1, -0.05) is 26.7 Å². The van der Waals surface area contributed by atoms with Crippen molar-refractivity contribution < 1.29 is 14.3 Å². The van der Waals surface area contributed by atoms with Crippen LogP contribution in [0.1, 0.15) is 42.8 Å². The first-order valence-corrected chi connectivity index (χ1v) is 11.2. The molecular weight excluding hydrogens is 398 g/mol. The second-order valence-electron chi connectivity index (χ2n) is 8.22. The molecule has 1 aliphatic rings. The number of nitrogens with zero attached hydrogens (tertiary/aromatic N) is 2. The van der Waals surface area contributed by atoms with Crippen LogP contribution in [0.3, 0.4) is 0 Å². The van der Waals surface area contributed by atoms with Gasteiger partial charge in [-0.15, -0.1) is 11.3 Å². The van der Waals surface area contributed by atoms with E-state index in [1.807, 2.05) is 36.0 Å². The van der Waals surface area contributed by atoms with E-state index < -0.39 is 0 Å². The van der Waals surface area contributed by atoms with E-state index in [1.54, 1.807) is 14.2 Å². The maximum absolute atomic E-state index is 13.0. The molecule has 0 bridgehead atoms. The molecular formula is C23H29N3O3S. The van der Waals surface area contributed by atoms with Crippen LogP contribution in [0.2, 0.25) is 0 Å². The average Bonchev–Trinajstić information content (AvgIpc) is 3.31. The molecule has 3 aromatic rings. The standard InChI is InChI=1S/C23H29N3O3S/c1-13-7-6-8-17(14(13)2)24-22(27)20-12-16-21(25-26(3)23(16)30-20)15-9-10-18(28-4)19(11-15)29-5/h9-14,17H,6-8H2,1-5H3,(H,24,27)/t13-,14-,17-/m1/s1. The van der Waals surface area contributed by atoms with Crippen molar-refractivity contribution in [3.05, 3.63) is 29.1 Å². The molecule has 0 unspecified atom stereocenters. The molecule has 1 N–H and O–H groups in total. The number of methoxy groups -OCH3 is 2. The topological polar surface area (TPSA) is 65.4 Å². The SMILES string of the molecule is COc1ccc(-c2nn(C)c3sc(C(=O)N[C@@H]4CCC[C@@H](C)[C@H]4C)cc23)cc1OC. The number of thiophene rings is 1. The summed E-state index contributed by atoms with van der Waals surface area (Å²) in [5.41, 5.74) is 1.76. The fourth-order valence-corrected chi connectivity index (χ4v) is 5.35. The normalized spacial score (nSPS) is 21.6. The predicted octanol–water partition coefficient (Wildman–Crippen LogP) is 4.87. The molecule has 1 amide bonds. The second kappa shape index (κ2) is 8.30. The molecule has 6 nitrogen and oxygen atoms in total. The van der Waals surface area contributed by atoms with E-state index in [0.717, 1.165) is 32.8 Å². The minimum atomic E-state index is 0.0143. The zero-order valence-corrected chi connectivity index (χ0v) is 19.0. The molecule has 0 saturated heterocycles. The van der Waals surface area contributed by atoms with Gasteiger partial charge in [-0.3, -0.25) is 9.48 Å². The number of amides is 1. The highest BCUT2D eigenvalue weighted by Gasteiger charge is 2.29. The molecule has 7 heteroatoms. The van der Waals surface area contributed by atoms with Gasteiger partial charge in [-0.25, -0.2) is 0 Å². The predicted molar refractivity (Wildman–Crippen MR) is 121 cm³/mol. The van der Waals surface area contributed by atoms with Crippen LogP contribution in [0.4, 0.5) is 0 Å². The quantitative estimate of drug-likeness (QED) is 0.631. The highest BCUT2D eigenvalue weighted by atomic mass is 32.1. The largest absolute Gasteiger partial charge is 0.493 e. The van der Waals surface area contributed by atoms with Gasteiger partial charge in [0.2, 0.25) is 0 Å². The minimum Gasteiger partial charge on any atom is -0.493 e. The summed E-state index contributed by atoms with van der Waals surface area (Å²) in [5, 5.41) is 8.95. The zero-order valence-electron chi connectivity index (χ0n) is 18.2. The maximum Gasteiger partial charge on any atom is 0.261 e. The molecule has 2 heterocycles. The van der Waals surface area contributed by atoms with Crippen molar-refractivity contribution in [2.75, 3.05) is 14.2 Å². The lowest BCUT2D eigenvalue weighted by Crippen LogP contribution is -2.43. The highest BCUT2D eigenvalue weighted by molar-refractivity contribution is 7.20. The Kier molecular flexibility index (Phi) is 5.73. The van der Waals surface area contributed by atoms with E-state index in [-0.39, 0.29) is 11.9 Å². The van der Waals surface area contributed by atoms with Crippen LogP contribution in [-0.4, -0.2) is 35.9 Å². The summed E-state index contributed by atoms with van der Waals surface area (Å²) in [6.45, 7) is 4.53. The van der Waals surface area contributed by atoms with Crippen LogP contribution in [0.25, 0.3) is 21.5 Å². The van der Waals surface area contributed by atoms with Crippen LogP contribution in [0.15, 0.2) is 24.3 Å². The van der Waals surface area contributed by atoms with E-state index in [0.29, 0.717) is 23.3 Å². The number of fused-ring (bicyclic) bond motifs is 1. The molecule has 3 atom stereocenters. The van der Waals surface area contributed by atoms with Gasteiger partial charge < -0.3 is 14.8 Å². The Balaban J connectivity index is 1.65. The van der Waals surface area contributed by atoms with Crippen LogP contribution in [0, 0.1) is 11.8 Å². The van der Waals surface area contributed by atoms with E-state index in [2.05, 4.69) is 24.3 Å². The van der Waals surface area contributed by atoms with Crippen LogP contribution in [-0.2, 0) is 7.05 Å². The van der Waals surface area contributed by atoms with Gasteiger partial charge in [0.05, 0.1) is 19.1 Å². The van der Waals surface area contributed by atoms with Crippen molar-refractivity contribution in [2.24, 2.45) is 18.9 Å². The Bertz CT molecular complexity index is 1070. The fraction of sp³-hybridized carbons (Fsp3) is 0.478. The first kappa shape index (κ1) is 20.7. The summed E-state index contributed by atoms with van der Waals surface area (Å²) in [6.07, 6.45) is 3.48. The van der Waals surface area contributed by atoms with Crippen molar-refractivity contribution in [1.82, 2.24) is 15.1 Å². The monoisotopic (exact) mass is 427 g/mol. The molecule has 1 saturated carbocycles. The number of hydrogen-bond donors (Lipinski definition) is 1. The lowest BCUT2D eigenvalue weighted by Gasteiger charge is -2.34. The van der Waals surface area contributed by atoms with Gasteiger partial charge in [-0.2, -0.15) is 5.10 Å². The summed E-state index contributed by atoms with van der Waals surface area (Å²) in [6, 6.07) is 7.97. The third-order valence-corrected chi connectivity index (χ3v) is 7.62. The highest BCUT2D eigenvalue weighted by Crippen LogP contribution is 2.38. The summed E-state index contributed by atoms with van der Waals surface area (Å²) >= 11 is 1.49. The number of aryl methyl sites for hydroxylation is 1. The number of ether oxygens (including phenoxy) is 2. The first-order valence-electron chi connectivity index (χ1n) is 10.4. The molecule has 1 aliphatic carbocycles. The molecule has 1 aromatic carbocycles. The molecule has 0 aliphatic heterocycles. The van der Waals surface area contributed by atoms with Gasteiger partial charge in [0.25, 0.3) is 5.91 Å². The van der Waals surface area contributed by atoms with Crippen molar-refractivity contribution in [2.45, 2.75) is 39.2 Å².